The van der Waals surface area contributed by atoms with Crippen LogP contribution in [0.15, 0.2) is 24.8 Å². The normalized spacial score (nSPS) is 9.95. The Labute approximate surface area is 126 Å². The van der Waals surface area contributed by atoms with Crippen LogP contribution in [0.1, 0.15) is 5.56 Å². The van der Waals surface area contributed by atoms with Crippen molar-refractivity contribution in [3.8, 4) is 0 Å². The number of hydrogen-bond acceptors (Lipinski definition) is 2. The zero-order chi connectivity index (χ0) is 15.3. The van der Waals surface area contributed by atoms with E-state index in [-0.39, 0.29) is 6.54 Å². The molecule has 0 aliphatic rings. The molecule has 0 bridgehead atoms. The number of halogens is 2. The Hall–Kier alpha value is -1.72. The number of hydrogen-bond donors (Lipinski definition) is 2. The number of aryl methyl sites for hydroxylation is 1. The van der Waals surface area contributed by atoms with Crippen molar-refractivity contribution in [1.29, 1.82) is 0 Å². The molecule has 1 aromatic carbocycles. The lowest BCUT2D eigenvalue weighted by Crippen LogP contribution is -2.38. The molecule has 0 spiro atoms. The van der Waals surface area contributed by atoms with Gasteiger partial charge in [0.15, 0.2) is 0 Å². The predicted octanol–water partition coefficient (Wildman–Crippen LogP) is 3.41. The molecule has 0 saturated carbocycles. The van der Waals surface area contributed by atoms with Crippen LogP contribution in [0.3, 0.4) is 0 Å². The number of rotatable bonds is 5. The highest BCUT2D eigenvalue weighted by Gasteiger charge is 2.17. The van der Waals surface area contributed by atoms with Crippen molar-refractivity contribution in [1.82, 2.24) is 4.90 Å². The van der Waals surface area contributed by atoms with Crippen LogP contribution in [0.5, 0.6) is 0 Å². The average Bonchev–Trinajstić information content (AvgIpc) is 2.34. The Morgan fingerprint density at radius 2 is 2.05 bits per heavy atom. The molecule has 2 N–H and O–H groups in total. The highest BCUT2D eigenvalue weighted by molar-refractivity contribution is 6.36. The summed E-state index contributed by atoms with van der Waals surface area (Å²) in [5, 5.41) is 12.1. The topological polar surface area (TPSA) is 69.6 Å². The van der Waals surface area contributed by atoms with Gasteiger partial charge in [-0.1, -0.05) is 29.3 Å². The van der Waals surface area contributed by atoms with Gasteiger partial charge in [-0.3, -0.25) is 4.79 Å². The summed E-state index contributed by atoms with van der Waals surface area (Å²) in [6, 6.07) is 2.55. The van der Waals surface area contributed by atoms with Crippen LogP contribution in [0, 0.1) is 6.92 Å². The number of nitrogens with one attached hydrogen (secondary N) is 1. The molecule has 108 valence electrons. The lowest BCUT2D eigenvalue weighted by atomic mass is 10.2. The molecule has 0 fully saturated rings. The van der Waals surface area contributed by atoms with Gasteiger partial charge in [0.2, 0.25) is 0 Å². The van der Waals surface area contributed by atoms with Crippen molar-refractivity contribution in [3.63, 3.8) is 0 Å². The maximum absolute atomic E-state index is 12.0. The smallest absolute Gasteiger partial charge is 0.323 e. The molecule has 0 radical (unpaired) electrons. The lowest BCUT2D eigenvalue weighted by Gasteiger charge is -2.20. The molecular weight excluding hydrogens is 303 g/mol. The standard InChI is InChI=1S/C13H14Cl2N2O3/c1-3-4-17(7-12(18)19)13(20)16-11-6-9(14)8(2)5-10(11)15/h3,5-6H,1,4,7H2,2H3,(H,16,20)(H,18,19). The highest BCUT2D eigenvalue weighted by atomic mass is 35.5. The van der Waals surface area contributed by atoms with Crippen molar-refractivity contribution in [2.45, 2.75) is 6.92 Å². The Morgan fingerprint density at radius 3 is 2.60 bits per heavy atom. The molecule has 0 saturated heterocycles. The van der Waals surface area contributed by atoms with Crippen molar-refractivity contribution < 1.29 is 14.7 Å². The minimum Gasteiger partial charge on any atom is -0.480 e. The Kier molecular flexibility index (Phi) is 5.85. The third-order valence-electron chi connectivity index (χ3n) is 2.45. The highest BCUT2D eigenvalue weighted by Crippen LogP contribution is 2.28. The fraction of sp³-hybridized carbons (Fsp3) is 0.231. The molecule has 1 aromatic rings. The Morgan fingerprint density at radius 1 is 1.40 bits per heavy atom. The molecule has 0 aromatic heterocycles. The number of anilines is 1. The van der Waals surface area contributed by atoms with Crippen LogP contribution in [-0.4, -0.2) is 35.1 Å². The van der Waals surface area contributed by atoms with Gasteiger partial charge in [0.25, 0.3) is 0 Å². The SMILES string of the molecule is C=CCN(CC(=O)O)C(=O)Nc1cc(Cl)c(C)cc1Cl. The summed E-state index contributed by atoms with van der Waals surface area (Å²) >= 11 is 12.0. The van der Waals surface area contributed by atoms with Crippen LogP contribution in [0.4, 0.5) is 10.5 Å². The molecule has 2 amide bonds. The van der Waals surface area contributed by atoms with Gasteiger partial charge in [-0.15, -0.1) is 6.58 Å². The van der Waals surface area contributed by atoms with Gasteiger partial charge in [-0.25, -0.2) is 4.79 Å². The number of carbonyl (C=O) groups excluding carboxylic acids is 1. The van der Waals surface area contributed by atoms with E-state index < -0.39 is 18.5 Å². The van der Waals surface area contributed by atoms with E-state index in [1.165, 1.54) is 12.1 Å². The molecule has 1 rings (SSSR count). The third-order valence-corrected chi connectivity index (χ3v) is 3.17. The summed E-state index contributed by atoms with van der Waals surface area (Å²) in [6.07, 6.45) is 1.44. The van der Waals surface area contributed by atoms with Gasteiger partial charge >= 0.3 is 12.0 Å². The van der Waals surface area contributed by atoms with Gasteiger partial charge in [-0.05, 0) is 24.6 Å². The number of benzene rings is 1. The number of urea groups is 1. The van der Waals surface area contributed by atoms with Gasteiger partial charge in [0, 0.05) is 11.6 Å². The van der Waals surface area contributed by atoms with Gasteiger partial charge < -0.3 is 15.3 Å². The van der Waals surface area contributed by atoms with E-state index in [0.717, 1.165) is 10.5 Å². The molecule has 5 nitrogen and oxygen atoms in total. The van der Waals surface area contributed by atoms with Crippen LogP contribution in [-0.2, 0) is 4.79 Å². The average molecular weight is 317 g/mol. The molecule has 0 aliphatic heterocycles. The Balaban J connectivity index is 2.90. The second-order valence-electron chi connectivity index (χ2n) is 4.07. The zero-order valence-electron chi connectivity index (χ0n) is 10.8. The second kappa shape index (κ2) is 7.17. The van der Waals surface area contributed by atoms with Crippen molar-refractivity contribution in [2.24, 2.45) is 0 Å². The summed E-state index contributed by atoms with van der Waals surface area (Å²) in [6.45, 7) is 4.94. The molecule has 20 heavy (non-hydrogen) atoms. The fourth-order valence-electron chi connectivity index (χ4n) is 1.47. The molecule has 7 heteroatoms. The number of nitrogens with zero attached hydrogens (tertiary/aromatic N) is 1. The van der Waals surface area contributed by atoms with Crippen LogP contribution >= 0.6 is 23.2 Å². The van der Waals surface area contributed by atoms with E-state index in [1.54, 1.807) is 13.0 Å². The summed E-state index contributed by atoms with van der Waals surface area (Å²) in [4.78, 5) is 23.8. The number of carbonyl (C=O) groups is 2. The van der Waals surface area contributed by atoms with Crippen LogP contribution in [0.25, 0.3) is 0 Å². The first-order chi connectivity index (χ1) is 9.35. The maximum Gasteiger partial charge on any atom is 0.323 e. The molecule has 0 atom stereocenters. The second-order valence-corrected chi connectivity index (χ2v) is 4.89. The van der Waals surface area contributed by atoms with E-state index in [0.29, 0.717) is 15.7 Å². The summed E-state index contributed by atoms with van der Waals surface area (Å²) in [5.74, 6) is -1.12. The van der Waals surface area contributed by atoms with Crippen molar-refractivity contribution in [3.05, 3.63) is 40.4 Å². The van der Waals surface area contributed by atoms with E-state index in [9.17, 15) is 9.59 Å². The van der Waals surface area contributed by atoms with Crippen LogP contribution < -0.4 is 5.32 Å². The number of amides is 2. The van der Waals surface area contributed by atoms with E-state index in [2.05, 4.69) is 11.9 Å². The monoisotopic (exact) mass is 316 g/mol. The van der Waals surface area contributed by atoms with E-state index in [1.807, 2.05) is 0 Å². The first-order valence-corrected chi connectivity index (χ1v) is 6.45. The fourth-order valence-corrected chi connectivity index (χ4v) is 1.90. The third kappa shape index (κ3) is 4.43. The summed E-state index contributed by atoms with van der Waals surface area (Å²) < 4.78 is 0. The predicted molar refractivity (Wildman–Crippen MR) is 79.6 cm³/mol. The zero-order valence-corrected chi connectivity index (χ0v) is 12.3. The minimum absolute atomic E-state index is 0.106. The minimum atomic E-state index is -1.12. The summed E-state index contributed by atoms with van der Waals surface area (Å²) in [5.41, 5.74) is 1.11. The quantitative estimate of drug-likeness (QED) is 0.818. The first-order valence-electron chi connectivity index (χ1n) is 5.69. The molecule has 0 heterocycles. The van der Waals surface area contributed by atoms with Gasteiger partial charge in [-0.2, -0.15) is 0 Å². The molecular formula is C13H14Cl2N2O3. The van der Waals surface area contributed by atoms with Crippen molar-refractivity contribution >= 4 is 40.9 Å². The van der Waals surface area contributed by atoms with Crippen molar-refractivity contribution in [2.75, 3.05) is 18.4 Å². The number of carboxylic acids is 1. The largest absolute Gasteiger partial charge is 0.480 e. The van der Waals surface area contributed by atoms with E-state index in [4.69, 9.17) is 28.3 Å². The maximum atomic E-state index is 12.0. The first kappa shape index (κ1) is 16.3. The van der Waals surface area contributed by atoms with E-state index >= 15 is 0 Å². The lowest BCUT2D eigenvalue weighted by molar-refractivity contribution is -0.137. The Bertz CT molecular complexity index is 547. The molecule has 0 unspecified atom stereocenters. The van der Waals surface area contributed by atoms with Gasteiger partial charge in [0.1, 0.15) is 6.54 Å². The van der Waals surface area contributed by atoms with Crippen LogP contribution in [0.2, 0.25) is 10.0 Å². The van der Waals surface area contributed by atoms with Gasteiger partial charge in [0.05, 0.1) is 10.7 Å². The summed E-state index contributed by atoms with van der Waals surface area (Å²) in [7, 11) is 0. The molecule has 0 aliphatic carbocycles. The number of aliphatic carboxylic acids is 1. The number of carboxylic acid groups (broad SMARTS) is 1.